The number of halogens is 1. The molecule has 0 aliphatic heterocycles. The lowest BCUT2D eigenvalue weighted by Crippen LogP contribution is -2.22. The SMILES string of the molecule is O=C(NCc1ccoc1)c1ccc(C#CCCO)c(Cl)c1. The average Bonchev–Trinajstić information content (AvgIpc) is 3.00. The van der Waals surface area contributed by atoms with Crippen LogP contribution in [0.15, 0.2) is 41.2 Å². The van der Waals surface area contributed by atoms with Crippen LogP contribution in [0.3, 0.4) is 0 Å². The van der Waals surface area contributed by atoms with E-state index in [-0.39, 0.29) is 12.5 Å². The maximum absolute atomic E-state index is 12.0. The summed E-state index contributed by atoms with van der Waals surface area (Å²) < 4.78 is 4.93. The summed E-state index contributed by atoms with van der Waals surface area (Å²) in [6.07, 6.45) is 3.52. The first-order chi connectivity index (χ1) is 10.2. The number of carbonyl (C=O) groups is 1. The molecule has 4 nitrogen and oxygen atoms in total. The molecule has 1 aromatic heterocycles. The van der Waals surface area contributed by atoms with Gasteiger partial charge in [-0.15, -0.1) is 0 Å². The first-order valence-corrected chi connectivity index (χ1v) is 6.77. The number of aliphatic hydroxyl groups is 1. The first kappa shape index (κ1) is 15.2. The van der Waals surface area contributed by atoms with E-state index in [9.17, 15) is 4.79 Å². The zero-order valence-corrected chi connectivity index (χ0v) is 12.0. The van der Waals surface area contributed by atoms with Crippen LogP contribution in [-0.4, -0.2) is 17.6 Å². The van der Waals surface area contributed by atoms with Gasteiger partial charge in [-0.3, -0.25) is 4.79 Å². The maximum Gasteiger partial charge on any atom is 0.251 e. The molecule has 2 N–H and O–H groups in total. The van der Waals surface area contributed by atoms with E-state index in [1.165, 1.54) is 0 Å². The minimum Gasteiger partial charge on any atom is -0.472 e. The van der Waals surface area contributed by atoms with Gasteiger partial charge in [0, 0.05) is 29.7 Å². The molecule has 0 unspecified atom stereocenters. The number of hydrogen-bond donors (Lipinski definition) is 2. The molecule has 2 rings (SSSR count). The second-order valence-corrected chi connectivity index (χ2v) is 4.69. The highest BCUT2D eigenvalue weighted by atomic mass is 35.5. The molecule has 1 amide bonds. The molecule has 0 aliphatic rings. The Hall–Kier alpha value is -2.22. The highest BCUT2D eigenvalue weighted by molar-refractivity contribution is 6.32. The van der Waals surface area contributed by atoms with Crippen molar-refractivity contribution < 1.29 is 14.3 Å². The lowest BCUT2D eigenvalue weighted by molar-refractivity contribution is 0.0951. The van der Waals surface area contributed by atoms with Gasteiger partial charge in [0.15, 0.2) is 0 Å². The van der Waals surface area contributed by atoms with E-state index in [0.717, 1.165) is 5.56 Å². The Morgan fingerprint density at radius 2 is 2.24 bits per heavy atom. The largest absolute Gasteiger partial charge is 0.472 e. The average molecular weight is 304 g/mol. The van der Waals surface area contributed by atoms with Crippen molar-refractivity contribution >= 4 is 17.5 Å². The van der Waals surface area contributed by atoms with Crippen molar-refractivity contribution in [3.05, 3.63) is 58.5 Å². The Labute approximate surface area is 127 Å². The van der Waals surface area contributed by atoms with Gasteiger partial charge in [-0.1, -0.05) is 23.4 Å². The van der Waals surface area contributed by atoms with Crippen LogP contribution >= 0.6 is 11.6 Å². The molecule has 1 heterocycles. The quantitative estimate of drug-likeness (QED) is 0.853. The van der Waals surface area contributed by atoms with Gasteiger partial charge in [-0.25, -0.2) is 0 Å². The summed E-state index contributed by atoms with van der Waals surface area (Å²) in [6, 6.07) is 6.72. The number of nitrogens with one attached hydrogen (secondary N) is 1. The van der Waals surface area contributed by atoms with Crippen molar-refractivity contribution in [1.29, 1.82) is 0 Å². The lowest BCUT2D eigenvalue weighted by atomic mass is 10.1. The molecule has 0 bridgehead atoms. The third-order valence-corrected chi connectivity index (χ3v) is 3.04. The standard InChI is InChI=1S/C16H14ClNO3/c17-15-9-14(5-4-13(15)3-1-2-7-19)16(20)18-10-12-6-8-21-11-12/h4-6,8-9,11,19H,2,7,10H2,(H,18,20). The summed E-state index contributed by atoms with van der Waals surface area (Å²) in [6.45, 7) is 0.407. The molecule has 0 atom stereocenters. The van der Waals surface area contributed by atoms with Gasteiger partial charge in [0.1, 0.15) is 0 Å². The van der Waals surface area contributed by atoms with E-state index < -0.39 is 0 Å². The van der Waals surface area contributed by atoms with Gasteiger partial charge in [0.05, 0.1) is 24.2 Å². The third kappa shape index (κ3) is 4.38. The molecule has 21 heavy (non-hydrogen) atoms. The minimum atomic E-state index is -0.215. The smallest absolute Gasteiger partial charge is 0.251 e. The van der Waals surface area contributed by atoms with Crippen LogP contribution < -0.4 is 5.32 Å². The van der Waals surface area contributed by atoms with Gasteiger partial charge in [0.2, 0.25) is 0 Å². The zero-order chi connectivity index (χ0) is 15.1. The van der Waals surface area contributed by atoms with Gasteiger partial charge < -0.3 is 14.8 Å². The second kappa shape index (κ2) is 7.53. The fourth-order valence-corrected chi connectivity index (χ4v) is 1.88. The van der Waals surface area contributed by atoms with Crippen molar-refractivity contribution in [2.24, 2.45) is 0 Å². The van der Waals surface area contributed by atoms with Crippen LogP contribution in [0.4, 0.5) is 0 Å². The molecule has 0 aliphatic carbocycles. The van der Waals surface area contributed by atoms with Gasteiger partial charge in [-0.2, -0.15) is 0 Å². The summed E-state index contributed by atoms with van der Waals surface area (Å²) >= 11 is 6.09. The van der Waals surface area contributed by atoms with E-state index >= 15 is 0 Å². The monoisotopic (exact) mass is 303 g/mol. The molecule has 2 aromatic rings. The number of aliphatic hydroxyl groups excluding tert-OH is 1. The Bertz CT molecular complexity index is 669. The number of furan rings is 1. The van der Waals surface area contributed by atoms with Crippen LogP contribution in [0.25, 0.3) is 0 Å². The van der Waals surface area contributed by atoms with Crippen molar-refractivity contribution in [2.45, 2.75) is 13.0 Å². The first-order valence-electron chi connectivity index (χ1n) is 6.39. The number of benzene rings is 1. The fourth-order valence-electron chi connectivity index (χ4n) is 1.65. The molecule has 5 heteroatoms. The van der Waals surface area contributed by atoms with E-state index in [0.29, 0.717) is 29.1 Å². The molecule has 0 radical (unpaired) electrons. The summed E-state index contributed by atoms with van der Waals surface area (Å²) in [5.74, 6) is 5.42. The van der Waals surface area contributed by atoms with E-state index in [1.807, 2.05) is 0 Å². The van der Waals surface area contributed by atoms with E-state index in [1.54, 1.807) is 36.8 Å². The molecule has 0 saturated heterocycles. The normalized spacial score (nSPS) is 9.81. The van der Waals surface area contributed by atoms with Crippen LogP contribution in [0.5, 0.6) is 0 Å². The Morgan fingerprint density at radius 1 is 1.38 bits per heavy atom. The molecule has 108 valence electrons. The molecular weight excluding hydrogens is 290 g/mol. The van der Waals surface area contributed by atoms with Crippen molar-refractivity contribution in [3.63, 3.8) is 0 Å². The third-order valence-electron chi connectivity index (χ3n) is 2.72. The molecule has 0 saturated carbocycles. The van der Waals surface area contributed by atoms with Gasteiger partial charge in [-0.05, 0) is 24.3 Å². The fraction of sp³-hybridized carbons (Fsp3) is 0.188. The highest BCUT2D eigenvalue weighted by Gasteiger charge is 2.08. The number of amides is 1. The zero-order valence-electron chi connectivity index (χ0n) is 11.2. The maximum atomic E-state index is 12.0. The van der Waals surface area contributed by atoms with Gasteiger partial charge >= 0.3 is 0 Å². The molecule has 1 aromatic carbocycles. The van der Waals surface area contributed by atoms with E-state index in [2.05, 4.69) is 17.2 Å². The minimum absolute atomic E-state index is 0.0130. The number of hydrogen-bond acceptors (Lipinski definition) is 3. The molecule has 0 fully saturated rings. The van der Waals surface area contributed by atoms with Crippen molar-refractivity contribution in [3.8, 4) is 11.8 Å². The predicted molar refractivity (Wildman–Crippen MR) is 79.9 cm³/mol. The second-order valence-electron chi connectivity index (χ2n) is 4.28. The van der Waals surface area contributed by atoms with Crippen LogP contribution in [0, 0.1) is 11.8 Å². The molecular formula is C16H14ClNO3. The number of carbonyl (C=O) groups excluding carboxylic acids is 1. The van der Waals surface area contributed by atoms with Gasteiger partial charge in [0.25, 0.3) is 5.91 Å². The lowest BCUT2D eigenvalue weighted by Gasteiger charge is -2.05. The molecule has 0 spiro atoms. The van der Waals surface area contributed by atoms with Crippen LogP contribution in [-0.2, 0) is 6.54 Å². The van der Waals surface area contributed by atoms with Crippen molar-refractivity contribution in [1.82, 2.24) is 5.32 Å². The summed E-state index contributed by atoms with van der Waals surface area (Å²) in [4.78, 5) is 12.0. The van der Waals surface area contributed by atoms with Crippen molar-refractivity contribution in [2.75, 3.05) is 6.61 Å². The number of rotatable bonds is 4. The van der Waals surface area contributed by atoms with Crippen LogP contribution in [0.2, 0.25) is 5.02 Å². The summed E-state index contributed by atoms with van der Waals surface area (Å²) in [7, 11) is 0. The highest BCUT2D eigenvalue weighted by Crippen LogP contribution is 2.17. The summed E-state index contributed by atoms with van der Waals surface area (Å²) in [5.41, 5.74) is 1.99. The van der Waals surface area contributed by atoms with Crippen LogP contribution in [0.1, 0.15) is 27.9 Å². The predicted octanol–water partition coefficient (Wildman–Crippen LogP) is 2.60. The summed E-state index contributed by atoms with van der Waals surface area (Å²) in [5, 5.41) is 11.9. The Kier molecular flexibility index (Phi) is 5.44. The Balaban J connectivity index is 2.02. The Morgan fingerprint density at radius 3 is 2.90 bits per heavy atom. The topological polar surface area (TPSA) is 62.5 Å². The van der Waals surface area contributed by atoms with E-state index in [4.69, 9.17) is 21.1 Å².